The fourth-order valence-electron chi connectivity index (χ4n) is 1.86. The summed E-state index contributed by atoms with van der Waals surface area (Å²) in [6, 6.07) is 10.2. The van der Waals surface area contributed by atoms with E-state index < -0.39 is 0 Å². The van der Waals surface area contributed by atoms with Crippen LogP contribution in [-0.2, 0) is 0 Å². The van der Waals surface area contributed by atoms with Gasteiger partial charge in [0.2, 0.25) is 0 Å². The van der Waals surface area contributed by atoms with E-state index in [2.05, 4.69) is 49.5 Å². The topological polar surface area (TPSA) is 50.9 Å². The van der Waals surface area contributed by atoms with Crippen molar-refractivity contribution in [2.45, 2.75) is 27.7 Å². The van der Waals surface area contributed by atoms with E-state index in [1.165, 1.54) is 11.5 Å². The summed E-state index contributed by atoms with van der Waals surface area (Å²) in [4.78, 5) is 0. The Kier molecular flexibility index (Phi) is 4.33. The second kappa shape index (κ2) is 5.83. The minimum Gasteiger partial charge on any atom is -0.382 e. The van der Waals surface area contributed by atoms with Gasteiger partial charge in [0.1, 0.15) is 10.8 Å². The predicted octanol–water partition coefficient (Wildman–Crippen LogP) is 4.49. The summed E-state index contributed by atoms with van der Waals surface area (Å²) in [5, 5.41) is 4.57. The highest BCUT2D eigenvalue weighted by molar-refractivity contribution is 7.11. The van der Waals surface area contributed by atoms with Gasteiger partial charge < -0.3 is 11.1 Å². The Morgan fingerprint density at radius 1 is 1.25 bits per heavy atom. The van der Waals surface area contributed by atoms with Crippen molar-refractivity contribution in [1.82, 2.24) is 4.37 Å². The molecule has 4 heteroatoms. The van der Waals surface area contributed by atoms with Crippen LogP contribution >= 0.6 is 11.5 Å². The Balaban J connectivity index is 2.19. The third-order valence-electron chi connectivity index (χ3n) is 3.83. The van der Waals surface area contributed by atoms with Crippen LogP contribution in [0.15, 0.2) is 30.3 Å². The summed E-state index contributed by atoms with van der Waals surface area (Å²) < 4.78 is 4.29. The molecule has 1 unspecified atom stereocenters. The Labute approximate surface area is 125 Å². The van der Waals surface area contributed by atoms with Gasteiger partial charge in [0.15, 0.2) is 0 Å². The molecule has 0 aliphatic heterocycles. The van der Waals surface area contributed by atoms with Gasteiger partial charge in [-0.15, -0.1) is 0 Å². The average molecular weight is 289 g/mol. The highest BCUT2D eigenvalue weighted by Crippen LogP contribution is 2.37. The van der Waals surface area contributed by atoms with Gasteiger partial charge in [-0.2, -0.15) is 4.37 Å². The fraction of sp³-hybridized carbons (Fsp3) is 0.438. The lowest BCUT2D eigenvalue weighted by Crippen LogP contribution is -2.24. The van der Waals surface area contributed by atoms with Crippen molar-refractivity contribution in [3.05, 3.63) is 30.3 Å². The summed E-state index contributed by atoms with van der Waals surface area (Å²) in [5.74, 6) is 1.17. The van der Waals surface area contributed by atoms with Crippen LogP contribution in [0.2, 0.25) is 0 Å². The molecular weight excluding hydrogens is 266 g/mol. The number of nitrogens with zero attached hydrogens (tertiary/aromatic N) is 1. The molecule has 3 nitrogen and oxygen atoms in total. The van der Waals surface area contributed by atoms with Crippen molar-refractivity contribution in [3.63, 3.8) is 0 Å². The molecule has 2 rings (SSSR count). The van der Waals surface area contributed by atoms with Gasteiger partial charge in [-0.3, -0.25) is 0 Å². The Morgan fingerprint density at radius 3 is 2.50 bits per heavy atom. The van der Waals surface area contributed by atoms with Gasteiger partial charge in [0.05, 0.1) is 5.56 Å². The first-order valence-corrected chi connectivity index (χ1v) is 7.71. The summed E-state index contributed by atoms with van der Waals surface area (Å²) in [6.07, 6.45) is 0. The van der Waals surface area contributed by atoms with Crippen LogP contribution in [0.25, 0.3) is 11.1 Å². The molecule has 0 spiro atoms. The maximum atomic E-state index is 6.02. The molecule has 108 valence electrons. The van der Waals surface area contributed by atoms with Gasteiger partial charge in [0.25, 0.3) is 0 Å². The largest absolute Gasteiger partial charge is 0.382 e. The number of nitrogen functional groups attached to an aromatic ring is 1. The molecule has 20 heavy (non-hydrogen) atoms. The molecule has 3 N–H and O–H groups in total. The first-order chi connectivity index (χ1) is 9.39. The molecule has 1 aromatic heterocycles. The number of nitrogens with one attached hydrogen (secondary N) is 1. The van der Waals surface area contributed by atoms with E-state index in [9.17, 15) is 0 Å². The molecule has 0 bridgehead atoms. The van der Waals surface area contributed by atoms with Crippen molar-refractivity contribution >= 4 is 22.4 Å². The molecule has 2 aromatic rings. The Bertz CT molecular complexity index is 555. The molecule has 1 heterocycles. The number of rotatable bonds is 4. The highest BCUT2D eigenvalue weighted by Gasteiger charge is 2.21. The summed E-state index contributed by atoms with van der Waals surface area (Å²) in [6.45, 7) is 9.97. The molecule has 0 radical (unpaired) electrons. The second-order valence-corrected chi connectivity index (χ2v) is 7.06. The normalized spacial score (nSPS) is 13.2. The predicted molar refractivity (Wildman–Crippen MR) is 89.1 cm³/mol. The standard InChI is InChI=1S/C16H23N3S/c1-11(16(2,3)4)10-18-15-13(14(17)19-20-15)12-8-6-5-7-9-12/h5-9,11,18H,10H2,1-4H3,(H2,17,19). The van der Waals surface area contributed by atoms with Gasteiger partial charge >= 0.3 is 0 Å². The number of anilines is 2. The van der Waals surface area contributed by atoms with Gasteiger partial charge in [-0.25, -0.2) is 0 Å². The Morgan fingerprint density at radius 2 is 1.90 bits per heavy atom. The van der Waals surface area contributed by atoms with E-state index in [1.54, 1.807) is 0 Å². The highest BCUT2D eigenvalue weighted by atomic mass is 32.1. The summed E-state index contributed by atoms with van der Waals surface area (Å²) in [7, 11) is 0. The first-order valence-electron chi connectivity index (χ1n) is 6.94. The third kappa shape index (κ3) is 3.31. The number of nitrogens with two attached hydrogens (primary N) is 1. The minimum absolute atomic E-state index is 0.288. The zero-order valence-electron chi connectivity index (χ0n) is 12.6. The van der Waals surface area contributed by atoms with Crippen molar-refractivity contribution in [2.75, 3.05) is 17.6 Å². The average Bonchev–Trinajstić information content (AvgIpc) is 2.77. The molecule has 0 amide bonds. The van der Waals surface area contributed by atoms with Crippen molar-refractivity contribution < 1.29 is 0 Å². The van der Waals surface area contributed by atoms with E-state index in [1.807, 2.05) is 18.2 Å². The SMILES string of the molecule is CC(CNc1snc(N)c1-c1ccccc1)C(C)(C)C. The van der Waals surface area contributed by atoms with Crippen LogP contribution in [0.4, 0.5) is 10.8 Å². The van der Waals surface area contributed by atoms with Crippen molar-refractivity contribution in [1.29, 1.82) is 0 Å². The van der Waals surface area contributed by atoms with Crippen LogP contribution in [-0.4, -0.2) is 10.9 Å². The monoisotopic (exact) mass is 289 g/mol. The number of hydrogen-bond acceptors (Lipinski definition) is 4. The van der Waals surface area contributed by atoms with Crippen LogP contribution in [0.1, 0.15) is 27.7 Å². The van der Waals surface area contributed by atoms with Crippen LogP contribution < -0.4 is 11.1 Å². The van der Waals surface area contributed by atoms with Crippen LogP contribution in [0.5, 0.6) is 0 Å². The van der Waals surface area contributed by atoms with E-state index in [-0.39, 0.29) is 5.41 Å². The zero-order chi connectivity index (χ0) is 14.8. The van der Waals surface area contributed by atoms with Crippen molar-refractivity contribution in [2.24, 2.45) is 11.3 Å². The third-order valence-corrected chi connectivity index (χ3v) is 4.65. The van der Waals surface area contributed by atoms with Crippen molar-refractivity contribution in [3.8, 4) is 11.1 Å². The van der Waals surface area contributed by atoms with E-state index >= 15 is 0 Å². The maximum absolute atomic E-state index is 6.02. The molecule has 0 fully saturated rings. The second-order valence-electron chi connectivity index (χ2n) is 6.29. The Hall–Kier alpha value is -1.55. The summed E-state index contributed by atoms with van der Waals surface area (Å²) >= 11 is 1.44. The van der Waals surface area contributed by atoms with Gasteiger partial charge in [0, 0.05) is 6.54 Å². The van der Waals surface area contributed by atoms with E-state index in [0.717, 1.165) is 22.7 Å². The molecule has 0 saturated heterocycles. The zero-order valence-corrected chi connectivity index (χ0v) is 13.4. The molecule has 1 atom stereocenters. The molecule has 1 aromatic carbocycles. The lowest BCUT2D eigenvalue weighted by molar-refractivity contribution is 0.275. The smallest absolute Gasteiger partial charge is 0.147 e. The number of benzene rings is 1. The van der Waals surface area contributed by atoms with E-state index in [0.29, 0.717) is 11.7 Å². The molecule has 0 aliphatic carbocycles. The molecule has 0 saturated carbocycles. The maximum Gasteiger partial charge on any atom is 0.147 e. The lowest BCUT2D eigenvalue weighted by Gasteiger charge is -2.27. The van der Waals surface area contributed by atoms with Gasteiger partial charge in [-0.1, -0.05) is 58.0 Å². The molecule has 0 aliphatic rings. The first kappa shape index (κ1) is 14.9. The van der Waals surface area contributed by atoms with Crippen LogP contribution in [0, 0.1) is 11.3 Å². The molecular formula is C16H23N3S. The van der Waals surface area contributed by atoms with Gasteiger partial charge in [-0.05, 0) is 28.4 Å². The minimum atomic E-state index is 0.288. The number of aromatic nitrogens is 1. The lowest BCUT2D eigenvalue weighted by atomic mass is 9.82. The van der Waals surface area contributed by atoms with Crippen LogP contribution in [0.3, 0.4) is 0 Å². The van der Waals surface area contributed by atoms with E-state index in [4.69, 9.17) is 5.73 Å². The quantitative estimate of drug-likeness (QED) is 0.872. The summed E-state index contributed by atoms with van der Waals surface area (Å²) in [5.41, 5.74) is 8.45. The fourth-order valence-corrected chi connectivity index (χ4v) is 2.60. The number of hydrogen-bond donors (Lipinski definition) is 2.